The monoisotopic (exact) mass is 338 g/mol. The molecule has 0 fully saturated rings. The second-order valence-corrected chi connectivity index (χ2v) is 6.76. The number of aliphatic carboxylic acids is 1. The predicted octanol–water partition coefficient (Wildman–Crippen LogP) is 4.90. The van der Waals surface area contributed by atoms with Crippen molar-refractivity contribution in [3.05, 3.63) is 35.4 Å². The summed E-state index contributed by atoms with van der Waals surface area (Å²) < 4.78 is 0. The maximum Gasteiger partial charge on any atom is 0.373 e. The number of unbranched alkanes of at least 4 members (excludes halogenated alkanes) is 1. The van der Waals surface area contributed by atoms with E-state index in [-0.39, 0.29) is 11.3 Å². The Morgan fingerprint density at radius 1 is 1.17 bits per heavy atom. The summed E-state index contributed by atoms with van der Waals surface area (Å²) in [4.78, 5) is 25.4. The van der Waals surface area contributed by atoms with Crippen LogP contribution in [0, 0.1) is 5.92 Å². The Bertz CT molecular complexity index is 517. The Labute approximate surface area is 144 Å². The van der Waals surface area contributed by atoms with Crippen LogP contribution in [-0.4, -0.2) is 22.3 Å². The van der Waals surface area contributed by atoms with Gasteiger partial charge in [0.25, 0.3) is 0 Å². The van der Waals surface area contributed by atoms with Crippen LogP contribution in [0.2, 0.25) is 0 Å². The molecular formula is C19H30O5. The number of carboxylic acid groups (broad SMARTS) is 1. The molecule has 0 bridgehead atoms. The van der Waals surface area contributed by atoms with E-state index in [2.05, 4.69) is 11.8 Å². The fourth-order valence-electron chi connectivity index (χ4n) is 2.32. The van der Waals surface area contributed by atoms with Gasteiger partial charge in [-0.25, -0.2) is 4.79 Å². The average Bonchev–Trinajstić information content (AvgIpc) is 2.54. The SMILES string of the molecule is CC(C)(C)c1ccccc1C(=O)OO.CCCCC(CC)C(=O)O. The van der Waals surface area contributed by atoms with E-state index in [4.69, 9.17) is 10.4 Å². The average molecular weight is 338 g/mol. The van der Waals surface area contributed by atoms with Crippen LogP contribution in [0.5, 0.6) is 0 Å². The van der Waals surface area contributed by atoms with Crippen molar-refractivity contribution in [3.63, 3.8) is 0 Å². The first-order valence-electron chi connectivity index (χ1n) is 8.37. The van der Waals surface area contributed by atoms with Crippen molar-refractivity contribution in [2.45, 2.75) is 65.7 Å². The van der Waals surface area contributed by atoms with Gasteiger partial charge in [0.15, 0.2) is 0 Å². The van der Waals surface area contributed by atoms with E-state index in [1.807, 2.05) is 39.8 Å². The van der Waals surface area contributed by atoms with Crippen LogP contribution in [-0.2, 0) is 15.1 Å². The van der Waals surface area contributed by atoms with Crippen molar-refractivity contribution < 1.29 is 24.8 Å². The van der Waals surface area contributed by atoms with E-state index in [1.54, 1.807) is 12.1 Å². The van der Waals surface area contributed by atoms with Gasteiger partial charge in [0.2, 0.25) is 0 Å². The third-order valence-corrected chi connectivity index (χ3v) is 3.79. The minimum absolute atomic E-state index is 0.111. The second-order valence-electron chi connectivity index (χ2n) is 6.76. The number of rotatable bonds is 6. The lowest BCUT2D eigenvalue weighted by Crippen LogP contribution is -2.17. The summed E-state index contributed by atoms with van der Waals surface area (Å²) in [6.45, 7) is 9.99. The van der Waals surface area contributed by atoms with Crippen LogP contribution in [0.3, 0.4) is 0 Å². The molecule has 0 aliphatic rings. The van der Waals surface area contributed by atoms with Gasteiger partial charge in [-0.1, -0.05) is 65.7 Å². The van der Waals surface area contributed by atoms with Crippen molar-refractivity contribution in [3.8, 4) is 0 Å². The van der Waals surface area contributed by atoms with Gasteiger partial charge in [0, 0.05) is 0 Å². The highest BCUT2D eigenvalue weighted by molar-refractivity contribution is 5.91. The topological polar surface area (TPSA) is 83.8 Å². The molecule has 0 heterocycles. The minimum atomic E-state index is -0.712. The summed E-state index contributed by atoms with van der Waals surface area (Å²) in [5.74, 6) is -1.47. The van der Waals surface area contributed by atoms with Crippen LogP contribution < -0.4 is 0 Å². The maximum atomic E-state index is 11.2. The number of carbonyl (C=O) groups is 2. The molecule has 1 rings (SSSR count). The number of benzene rings is 1. The van der Waals surface area contributed by atoms with Gasteiger partial charge >= 0.3 is 11.9 Å². The molecule has 2 N–H and O–H groups in total. The highest BCUT2D eigenvalue weighted by Crippen LogP contribution is 2.25. The molecule has 0 aliphatic carbocycles. The van der Waals surface area contributed by atoms with Crippen molar-refractivity contribution in [1.29, 1.82) is 0 Å². The standard InChI is InChI=1S/C11H14O3.C8H16O2/c1-11(2,3)9-7-5-4-6-8(9)10(12)14-13;1-3-5-6-7(4-2)8(9)10/h4-7,13H,1-3H3;7H,3-6H2,1-2H3,(H,9,10). The lowest BCUT2D eigenvalue weighted by Gasteiger charge is -2.21. The first-order valence-corrected chi connectivity index (χ1v) is 8.37. The molecule has 24 heavy (non-hydrogen) atoms. The molecule has 1 atom stereocenters. The third kappa shape index (κ3) is 7.59. The van der Waals surface area contributed by atoms with Gasteiger partial charge in [-0.3, -0.25) is 9.68 Å². The maximum absolute atomic E-state index is 11.2. The molecule has 0 saturated heterocycles. The van der Waals surface area contributed by atoms with Crippen LogP contribution in [0.15, 0.2) is 24.3 Å². The van der Waals surface area contributed by atoms with Crippen LogP contribution in [0.4, 0.5) is 0 Å². The van der Waals surface area contributed by atoms with Crippen molar-refractivity contribution in [2.24, 2.45) is 5.92 Å². The molecule has 1 aromatic rings. The summed E-state index contributed by atoms with van der Waals surface area (Å²) >= 11 is 0. The zero-order chi connectivity index (χ0) is 18.8. The molecule has 136 valence electrons. The van der Waals surface area contributed by atoms with Crippen molar-refractivity contribution >= 4 is 11.9 Å². The highest BCUT2D eigenvalue weighted by atomic mass is 17.1. The molecule has 5 nitrogen and oxygen atoms in total. The number of carboxylic acids is 1. The number of hydrogen-bond acceptors (Lipinski definition) is 4. The number of hydrogen-bond donors (Lipinski definition) is 2. The quantitative estimate of drug-likeness (QED) is 0.569. The Morgan fingerprint density at radius 3 is 2.17 bits per heavy atom. The molecule has 0 amide bonds. The zero-order valence-corrected chi connectivity index (χ0v) is 15.3. The van der Waals surface area contributed by atoms with Gasteiger partial charge < -0.3 is 5.11 Å². The fourth-order valence-corrected chi connectivity index (χ4v) is 2.32. The summed E-state index contributed by atoms with van der Waals surface area (Å²) in [6, 6.07) is 7.08. The van der Waals surface area contributed by atoms with E-state index in [1.165, 1.54) is 0 Å². The lowest BCUT2D eigenvalue weighted by atomic mass is 9.84. The highest BCUT2D eigenvalue weighted by Gasteiger charge is 2.21. The van der Waals surface area contributed by atoms with E-state index in [0.29, 0.717) is 5.56 Å². The molecule has 0 spiro atoms. The molecule has 0 aromatic heterocycles. The van der Waals surface area contributed by atoms with E-state index >= 15 is 0 Å². The van der Waals surface area contributed by atoms with Gasteiger partial charge in [-0.05, 0) is 29.9 Å². The van der Waals surface area contributed by atoms with Crippen molar-refractivity contribution in [1.82, 2.24) is 0 Å². The summed E-state index contributed by atoms with van der Waals surface area (Å²) in [7, 11) is 0. The zero-order valence-electron chi connectivity index (χ0n) is 15.3. The van der Waals surface area contributed by atoms with Gasteiger partial charge in [0.05, 0.1) is 11.5 Å². The molecule has 0 saturated carbocycles. The van der Waals surface area contributed by atoms with E-state index < -0.39 is 11.9 Å². The summed E-state index contributed by atoms with van der Waals surface area (Å²) in [5.41, 5.74) is 1.12. The van der Waals surface area contributed by atoms with Crippen LogP contribution in [0.1, 0.15) is 76.2 Å². The Kier molecular flexibility index (Phi) is 9.97. The predicted molar refractivity (Wildman–Crippen MR) is 94.1 cm³/mol. The van der Waals surface area contributed by atoms with E-state index in [9.17, 15) is 9.59 Å². The van der Waals surface area contributed by atoms with E-state index in [0.717, 1.165) is 31.2 Å². The Hall–Kier alpha value is -1.88. The van der Waals surface area contributed by atoms with Gasteiger partial charge in [-0.15, -0.1) is 0 Å². The first kappa shape index (κ1) is 22.1. The lowest BCUT2D eigenvalue weighted by molar-refractivity contribution is -0.182. The van der Waals surface area contributed by atoms with Crippen LogP contribution >= 0.6 is 0 Å². The van der Waals surface area contributed by atoms with Crippen LogP contribution in [0.25, 0.3) is 0 Å². The fraction of sp³-hybridized carbons (Fsp3) is 0.579. The van der Waals surface area contributed by atoms with Gasteiger partial charge in [-0.2, -0.15) is 5.26 Å². The second kappa shape index (κ2) is 10.8. The largest absolute Gasteiger partial charge is 0.481 e. The first-order chi connectivity index (χ1) is 11.2. The smallest absolute Gasteiger partial charge is 0.373 e. The summed E-state index contributed by atoms with van der Waals surface area (Å²) in [6.07, 6.45) is 3.71. The molecule has 0 aliphatic heterocycles. The summed E-state index contributed by atoms with van der Waals surface area (Å²) in [5, 5.41) is 16.9. The molecule has 5 heteroatoms. The van der Waals surface area contributed by atoms with Gasteiger partial charge in [0.1, 0.15) is 0 Å². The van der Waals surface area contributed by atoms with Crippen molar-refractivity contribution in [2.75, 3.05) is 0 Å². The Balaban J connectivity index is 0.000000470. The Morgan fingerprint density at radius 2 is 1.75 bits per heavy atom. The minimum Gasteiger partial charge on any atom is -0.481 e. The number of carbonyl (C=O) groups excluding carboxylic acids is 1. The molecule has 1 unspecified atom stereocenters. The molecule has 1 aromatic carbocycles. The molecular weight excluding hydrogens is 308 g/mol. The molecule has 0 radical (unpaired) electrons. The third-order valence-electron chi connectivity index (χ3n) is 3.79. The normalized spacial score (nSPS) is 11.9.